The third-order valence-corrected chi connectivity index (χ3v) is 1.60. The second-order valence-electron chi connectivity index (χ2n) is 2.98. The molecule has 0 amide bonds. The van der Waals surface area contributed by atoms with Crippen molar-refractivity contribution in [2.75, 3.05) is 20.1 Å². The van der Waals surface area contributed by atoms with Gasteiger partial charge in [-0.1, -0.05) is 0 Å². The van der Waals surface area contributed by atoms with Gasteiger partial charge in [-0.15, -0.1) is 0 Å². The summed E-state index contributed by atoms with van der Waals surface area (Å²) in [5.41, 5.74) is 0. The SMILES string of the molecule is CC1CN(C)CC(C)O1. The molecule has 1 aliphatic heterocycles. The summed E-state index contributed by atoms with van der Waals surface area (Å²) < 4.78 is 5.51. The third-order valence-electron chi connectivity index (χ3n) is 1.60. The minimum atomic E-state index is 0.416. The maximum Gasteiger partial charge on any atom is 0.0678 e. The molecular weight excluding hydrogens is 114 g/mol. The Morgan fingerprint density at radius 3 is 2.00 bits per heavy atom. The van der Waals surface area contributed by atoms with Crippen molar-refractivity contribution in [3.05, 3.63) is 0 Å². The van der Waals surface area contributed by atoms with Crippen molar-refractivity contribution in [1.82, 2.24) is 4.90 Å². The van der Waals surface area contributed by atoms with Crippen molar-refractivity contribution >= 4 is 0 Å². The second-order valence-corrected chi connectivity index (χ2v) is 2.98. The van der Waals surface area contributed by atoms with Gasteiger partial charge in [0.15, 0.2) is 0 Å². The number of likely N-dealkylation sites (N-methyl/N-ethyl adjacent to an activating group) is 1. The molecule has 2 atom stereocenters. The Kier molecular flexibility index (Phi) is 2.09. The molecule has 0 bridgehead atoms. The average Bonchev–Trinajstić information content (AvgIpc) is 1.59. The van der Waals surface area contributed by atoms with E-state index in [0.717, 1.165) is 13.1 Å². The number of hydrogen-bond donors (Lipinski definition) is 0. The standard InChI is InChI=1S/C7H15NO/c1-6-4-8(3)5-7(2)9-6/h6-7H,4-5H2,1-3H3. The van der Waals surface area contributed by atoms with Crippen LogP contribution in [0.15, 0.2) is 0 Å². The number of nitrogens with zero attached hydrogens (tertiary/aromatic N) is 1. The monoisotopic (exact) mass is 129 g/mol. The highest BCUT2D eigenvalue weighted by atomic mass is 16.5. The van der Waals surface area contributed by atoms with Crippen LogP contribution in [0.2, 0.25) is 0 Å². The predicted octanol–water partition coefficient (Wildman–Crippen LogP) is 0.725. The normalized spacial score (nSPS) is 39.0. The summed E-state index contributed by atoms with van der Waals surface area (Å²) in [5, 5.41) is 0. The molecule has 1 fully saturated rings. The molecule has 1 rings (SSSR count). The Balaban J connectivity index is 2.34. The highest BCUT2D eigenvalue weighted by Crippen LogP contribution is 2.07. The zero-order valence-electron chi connectivity index (χ0n) is 6.42. The van der Waals surface area contributed by atoms with Crippen LogP contribution in [-0.4, -0.2) is 37.2 Å². The molecule has 0 aliphatic carbocycles. The van der Waals surface area contributed by atoms with E-state index in [1.165, 1.54) is 0 Å². The smallest absolute Gasteiger partial charge is 0.0678 e. The van der Waals surface area contributed by atoms with Gasteiger partial charge in [0.25, 0.3) is 0 Å². The van der Waals surface area contributed by atoms with Gasteiger partial charge in [0.05, 0.1) is 12.2 Å². The predicted molar refractivity (Wildman–Crippen MR) is 37.5 cm³/mol. The highest BCUT2D eigenvalue weighted by Gasteiger charge is 2.18. The van der Waals surface area contributed by atoms with E-state index >= 15 is 0 Å². The van der Waals surface area contributed by atoms with Gasteiger partial charge in [0.2, 0.25) is 0 Å². The van der Waals surface area contributed by atoms with Crippen molar-refractivity contribution in [1.29, 1.82) is 0 Å². The van der Waals surface area contributed by atoms with Gasteiger partial charge in [-0.25, -0.2) is 0 Å². The first kappa shape index (κ1) is 7.03. The largest absolute Gasteiger partial charge is 0.373 e. The van der Waals surface area contributed by atoms with Crippen molar-refractivity contribution < 1.29 is 4.74 Å². The van der Waals surface area contributed by atoms with Gasteiger partial charge in [-0.2, -0.15) is 0 Å². The number of ether oxygens (including phenoxy) is 1. The summed E-state index contributed by atoms with van der Waals surface area (Å²) in [7, 11) is 2.13. The number of morpholine rings is 1. The first-order valence-electron chi connectivity index (χ1n) is 3.52. The molecule has 0 aromatic heterocycles. The molecule has 0 aromatic carbocycles. The summed E-state index contributed by atoms with van der Waals surface area (Å²) in [6.45, 7) is 6.38. The maximum atomic E-state index is 5.51. The zero-order valence-corrected chi connectivity index (χ0v) is 6.42. The molecule has 1 heterocycles. The summed E-state index contributed by atoms with van der Waals surface area (Å²) in [4.78, 5) is 2.30. The molecule has 2 nitrogen and oxygen atoms in total. The fourth-order valence-electron chi connectivity index (χ4n) is 1.44. The summed E-state index contributed by atoms with van der Waals surface area (Å²) in [5.74, 6) is 0. The van der Waals surface area contributed by atoms with E-state index in [0.29, 0.717) is 12.2 Å². The minimum absolute atomic E-state index is 0.416. The van der Waals surface area contributed by atoms with Crippen molar-refractivity contribution in [2.45, 2.75) is 26.1 Å². The summed E-state index contributed by atoms with van der Waals surface area (Å²) >= 11 is 0. The first-order valence-corrected chi connectivity index (χ1v) is 3.52. The summed E-state index contributed by atoms with van der Waals surface area (Å²) in [6, 6.07) is 0. The van der Waals surface area contributed by atoms with Crippen LogP contribution in [0.4, 0.5) is 0 Å². The molecule has 2 unspecified atom stereocenters. The fourth-order valence-corrected chi connectivity index (χ4v) is 1.44. The van der Waals surface area contributed by atoms with Crippen LogP contribution in [0.3, 0.4) is 0 Å². The topological polar surface area (TPSA) is 12.5 Å². The lowest BCUT2D eigenvalue weighted by atomic mass is 10.2. The van der Waals surface area contributed by atoms with E-state index in [-0.39, 0.29) is 0 Å². The van der Waals surface area contributed by atoms with E-state index in [1.54, 1.807) is 0 Å². The van der Waals surface area contributed by atoms with Crippen LogP contribution >= 0.6 is 0 Å². The van der Waals surface area contributed by atoms with Crippen LogP contribution in [0.1, 0.15) is 13.8 Å². The third kappa shape index (κ3) is 1.95. The van der Waals surface area contributed by atoms with E-state index in [1.807, 2.05) is 0 Å². The Hall–Kier alpha value is -0.0800. The molecule has 2 heteroatoms. The lowest BCUT2D eigenvalue weighted by Crippen LogP contribution is -2.42. The van der Waals surface area contributed by atoms with Gasteiger partial charge in [-0.3, -0.25) is 0 Å². The van der Waals surface area contributed by atoms with Crippen LogP contribution in [-0.2, 0) is 4.74 Å². The van der Waals surface area contributed by atoms with Gasteiger partial charge >= 0.3 is 0 Å². The molecule has 1 saturated heterocycles. The maximum absolute atomic E-state index is 5.51. The van der Waals surface area contributed by atoms with Crippen molar-refractivity contribution in [3.8, 4) is 0 Å². The molecule has 54 valence electrons. The Morgan fingerprint density at radius 2 is 1.67 bits per heavy atom. The Labute approximate surface area is 56.8 Å². The van der Waals surface area contributed by atoms with Crippen LogP contribution in [0, 0.1) is 0 Å². The second kappa shape index (κ2) is 2.67. The van der Waals surface area contributed by atoms with Crippen LogP contribution in [0.25, 0.3) is 0 Å². The fraction of sp³-hybridized carbons (Fsp3) is 1.00. The lowest BCUT2D eigenvalue weighted by molar-refractivity contribution is -0.0602. The molecule has 0 saturated carbocycles. The van der Waals surface area contributed by atoms with Crippen molar-refractivity contribution in [3.63, 3.8) is 0 Å². The average molecular weight is 129 g/mol. The highest BCUT2D eigenvalue weighted by molar-refractivity contribution is 4.69. The van der Waals surface area contributed by atoms with Gasteiger partial charge in [0, 0.05) is 13.1 Å². The summed E-state index contributed by atoms with van der Waals surface area (Å²) in [6.07, 6.45) is 0.831. The van der Waals surface area contributed by atoms with Crippen molar-refractivity contribution in [2.24, 2.45) is 0 Å². The quantitative estimate of drug-likeness (QED) is 0.478. The number of hydrogen-bond acceptors (Lipinski definition) is 2. The van der Waals surface area contributed by atoms with Crippen LogP contribution < -0.4 is 0 Å². The van der Waals surface area contributed by atoms with Gasteiger partial charge in [-0.05, 0) is 20.9 Å². The Bertz CT molecular complexity index is 69.9. The lowest BCUT2D eigenvalue weighted by Gasteiger charge is -2.32. The van der Waals surface area contributed by atoms with E-state index in [9.17, 15) is 0 Å². The van der Waals surface area contributed by atoms with E-state index in [2.05, 4.69) is 25.8 Å². The molecule has 0 radical (unpaired) electrons. The molecule has 0 N–H and O–H groups in total. The first-order chi connectivity index (χ1) is 4.18. The molecule has 0 aromatic rings. The Morgan fingerprint density at radius 1 is 1.22 bits per heavy atom. The molecule has 0 spiro atoms. The zero-order chi connectivity index (χ0) is 6.85. The van der Waals surface area contributed by atoms with E-state index in [4.69, 9.17) is 4.74 Å². The minimum Gasteiger partial charge on any atom is -0.373 e. The van der Waals surface area contributed by atoms with Gasteiger partial charge < -0.3 is 9.64 Å². The van der Waals surface area contributed by atoms with Crippen LogP contribution in [0.5, 0.6) is 0 Å². The molecular formula is C7H15NO. The van der Waals surface area contributed by atoms with Gasteiger partial charge in [0.1, 0.15) is 0 Å². The van der Waals surface area contributed by atoms with E-state index < -0.39 is 0 Å². The molecule has 1 aliphatic rings. The number of rotatable bonds is 0. The molecule has 9 heavy (non-hydrogen) atoms.